The number of halogens is 2. The van der Waals surface area contributed by atoms with Crippen molar-refractivity contribution in [2.24, 2.45) is 5.41 Å². The van der Waals surface area contributed by atoms with Gasteiger partial charge in [0.2, 0.25) is 15.9 Å². The number of hydrogen-bond acceptors (Lipinski definition) is 4. The second-order valence-electron chi connectivity index (χ2n) is 9.55. The van der Waals surface area contributed by atoms with E-state index in [1.807, 2.05) is 6.92 Å². The molecule has 0 atom stereocenters. The molecule has 2 saturated heterocycles. The first-order valence-corrected chi connectivity index (χ1v) is 13.1. The van der Waals surface area contributed by atoms with Crippen LogP contribution in [0.1, 0.15) is 40.7 Å². The predicted molar refractivity (Wildman–Crippen MR) is 126 cm³/mol. The van der Waals surface area contributed by atoms with Crippen molar-refractivity contribution in [3.8, 4) is 0 Å². The first-order valence-electron chi connectivity index (χ1n) is 11.6. The van der Waals surface area contributed by atoms with Gasteiger partial charge in [0.1, 0.15) is 17.2 Å². The summed E-state index contributed by atoms with van der Waals surface area (Å²) in [7, 11) is -3.79. The summed E-state index contributed by atoms with van der Waals surface area (Å²) >= 11 is 0. The number of rotatable bonds is 5. The summed E-state index contributed by atoms with van der Waals surface area (Å²) in [5, 5.41) is 0. The van der Waals surface area contributed by atoms with E-state index >= 15 is 0 Å². The molecule has 1 N–H and O–H groups in total. The highest BCUT2D eigenvalue weighted by Gasteiger charge is 2.43. The molecule has 188 valence electrons. The number of likely N-dealkylation sites (tertiary alicyclic amines) is 2. The fraction of sp³-hybridized carbons (Fsp3) is 0.440. The maximum atomic E-state index is 14.4. The number of benzene rings is 2. The fourth-order valence-corrected chi connectivity index (χ4v) is 5.79. The molecule has 2 heterocycles. The summed E-state index contributed by atoms with van der Waals surface area (Å²) in [6.07, 6.45) is 1.94. The van der Waals surface area contributed by atoms with Crippen LogP contribution in [-0.4, -0.2) is 62.8 Å². The quantitative estimate of drug-likeness (QED) is 0.677. The van der Waals surface area contributed by atoms with Gasteiger partial charge in [-0.1, -0.05) is 23.8 Å². The molecule has 2 aliphatic rings. The van der Waals surface area contributed by atoms with Crippen LogP contribution in [0.2, 0.25) is 0 Å². The zero-order valence-electron chi connectivity index (χ0n) is 19.8. The molecule has 35 heavy (non-hydrogen) atoms. The Kier molecular flexibility index (Phi) is 6.97. The molecular weight excluding hydrogens is 476 g/mol. The molecule has 2 aliphatic heterocycles. The zero-order chi connectivity index (χ0) is 25.4. The van der Waals surface area contributed by atoms with Crippen LogP contribution < -0.4 is 4.72 Å². The van der Waals surface area contributed by atoms with Crippen LogP contribution in [0.3, 0.4) is 0 Å². The van der Waals surface area contributed by atoms with Crippen LogP contribution >= 0.6 is 0 Å². The third-order valence-electron chi connectivity index (χ3n) is 7.15. The number of carbonyl (C=O) groups excluding carboxylic acids is 2. The van der Waals surface area contributed by atoms with E-state index in [9.17, 15) is 26.8 Å². The number of carbonyl (C=O) groups is 2. The molecule has 4 rings (SSSR count). The molecule has 7 nitrogen and oxygen atoms in total. The van der Waals surface area contributed by atoms with E-state index in [0.29, 0.717) is 39.0 Å². The minimum atomic E-state index is -3.79. The van der Waals surface area contributed by atoms with Crippen molar-refractivity contribution in [3.05, 3.63) is 64.7 Å². The first kappa shape index (κ1) is 25.2. The lowest BCUT2D eigenvalue weighted by Gasteiger charge is -2.39. The second kappa shape index (κ2) is 9.66. The van der Waals surface area contributed by atoms with Crippen LogP contribution in [0, 0.1) is 30.9 Å². The molecule has 0 unspecified atom stereocenters. The number of amides is 2. The Hall–Kier alpha value is -2.85. The zero-order valence-corrected chi connectivity index (χ0v) is 20.6. The van der Waals surface area contributed by atoms with Gasteiger partial charge in [-0.25, -0.2) is 21.9 Å². The summed E-state index contributed by atoms with van der Waals surface area (Å²) in [5.74, 6) is -2.67. The highest BCUT2D eigenvalue weighted by Crippen LogP contribution is 2.40. The molecule has 10 heteroatoms. The van der Waals surface area contributed by atoms with E-state index in [1.54, 1.807) is 17.0 Å². The second-order valence-corrected chi connectivity index (χ2v) is 11.3. The standard InChI is InChI=1S/C25H29F2N3O4S/c1-17-3-6-19(7-4-17)35(33,34)28-15-21(31)30-14-11-25(16-30)9-12-29(13-10-25)24(32)22-20(26)8-5-18(2)23(22)27/h3-8,28H,9-16H2,1-2H3. The number of nitrogens with one attached hydrogen (secondary N) is 1. The number of piperidine rings is 1. The van der Waals surface area contributed by atoms with Crippen LogP contribution in [0.25, 0.3) is 0 Å². The molecule has 0 radical (unpaired) electrons. The lowest BCUT2D eigenvalue weighted by molar-refractivity contribution is -0.129. The van der Waals surface area contributed by atoms with Crippen LogP contribution in [0.4, 0.5) is 8.78 Å². The van der Waals surface area contributed by atoms with Gasteiger partial charge in [-0.15, -0.1) is 0 Å². The lowest BCUT2D eigenvalue weighted by atomic mass is 9.77. The van der Waals surface area contributed by atoms with E-state index < -0.39 is 33.1 Å². The van der Waals surface area contributed by atoms with Gasteiger partial charge >= 0.3 is 0 Å². The fourth-order valence-electron chi connectivity index (χ4n) is 4.82. The molecule has 0 saturated carbocycles. The maximum absolute atomic E-state index is 14.4. The van der Waals surface area contributed by atoms with Crippen LogP contribution in [-0.2, 0) is 14.8 Å². The van der Waals surface area contributed by atoms with Crippen molar-refractivity contribution < 1.29 is 26.8 Å². The van der Waals surface area contributed by atoms with Gasteiger partial charge < -0.3 is 9.80 Å². The largest absolute Gasteiger partial charge is 0.341 e. The third-order valence-corrected chi connectivity index (χ3v) is 8.56. The van der Waals surface area contributed by atoms with Crippen LogP contribution in [0.15, 0.2) is 41.3 Å². The SMILES string of the molecule is Cc1ccc(S(=O)(=O)NCC(=O)N2CCC3(CCN(C(=O)c4c(F)ccc(C)c4F)CC3)C2)cc1. The van der Waals surface area contributed by atoms with Gasteiger partial charge in [-0.2, -0.15) is 0 Å². The number of sulfonamides is 1. The Morgan fingerprint density at radius 1 is 0.943 bits per heavy atom. The topological polar surface area (TPSA) is 86.8 Å². The molecule has 2 aromatic carbocycles. The lowest BCUT2D eigenvalue weighted by Crippen LogP contribution is -2.46. The molecule has 1 spiro atoms. The third kappa shape index (κ3) is 5.23. The number of aryl methyl sites for hydroxylation is 2. The van der Waals surface area contributed by atoms with Gasteiger partial charge in [-0.05, 0) is 62.3 Å². The average Bonchev–Trinajstić information content (AvgIpc) is 3.24. The summed E-state index contributed by atoms with van der Waals surface area (Å²) in [5.41, 5.74) is 0.437. The molecule has 2 amide bonds. The Morgan fingerprint density at radius 2 is 1.54 bits per heavy atom. The van der Waals surface area contributed by atoms with E-state index in [0.717, 1.165) is 18.1 Å². The smallest absolute Gasteiger partial charge is 0.259 e. The number of hydrogen-bond donors (Lipinski definition) is 1. The Morgan fingerprint density at radius 3 is 2.17 bits per heavy atom. The van der Waals surface area contributed by atoms with Crippen LogP contribution in [0.5, 0.6) is 0 Å². The van der Waals surface area contributed by atoms with Crippen molar-refractivity contribution >= 4 is 21.8 Å². The monoisotopic (exact) mass is 505 g/mol. The minimum absolute atomic E-state index is 0.104. The van der Waals surface area contributed by atoms with Gasteiger partial charge in [0, 0.05) is 26.2 Å². The van der Waals surface area contributed by atoms with Gasteiger partial charge in [-0.3, -0.25) is 9.59 Å². The van der Waals surface area contributed by atoms with Crippen molar-refractivity contribution in [2.75, 3.05) is 32.7 Å². The highest BCUT2D eigenvalue weighted by atomic mass is 32.2. The molecule has 0 bridgehead atoms. The normalized spacial score (nSPS) is 17.7. The van der Waals surface area contributed by atoms with Crippen molar-refractivity contribution in [3.63, 3.8) is 0 Å². The Labute approximate surface area is 204 Å². The molecule has 2 aromatic rings. The maximum Gasteiger partial charge on any atom is 0.259 e. The van der Waals surface area contributed by atoms with Crippen molar-refractivity contribution in [1.29, 1.82) is 0 Å². The summed E-state index contributed by atoms with van der Waals surface area (Å²) < 4.78 is 55.9. The van der Waals surface area contributed by atoms with E-state index in [1.165, 1.54) is 30.0 Å². The minimum Gasteiger partial charge on any atom is -0.341 e. The van der Waals surface area contributed by atoms with Gasteiger partial charge in [0.05, 0.1) is 11.4 Å². The first-order chi connectivity index (χ1) is 16.5. The predicted octanol–water partition coefficient (Wildman–Crippen LogP) is 3.01. The Bertz CT molecular complexity index is 1240. The highest BCUT2D eigenvalue weighted by molar-refractivity contribution is 7.89. The average molecular weight is 506 g/mol. The van der Waals surface area contributed by atoms with Gasteiger partial charge in [0.15, 0.2) is 0 Å². The summed E-state index contributed by atoms with van der Waals surface area (Å²) in [4.78, 5) is 28.7. The van der Waals surface area contributed by atoms with Crippen molar-refractivity contribution in [1.82, 2.24) is 14.5 Å². The summed E-state index contributed by atoms with van der Waals surface area (Å²) in [6.45, 7) is 4.66. The van der Waals surface area contributed by atoms with Gasteiger partial charge in [0.25, 0.3) is 5.91 Å². The van der Waals surface area contributed by atoms with E-state index in [4.69, 9.17) is 0 Å². The summed E-state index contributed by atoms with van der Waals surface area (Å²) in [6, 6.07) is 8.79. The van der Waals surface area contributed by atoms with Crippen molar-refractivity contribution in [2.45, 2.75) is 38.0 Å². The molecule has 0 aliphatic carbocycles. The van der Waals surface area contributed by atoms with E-state index in [-0.39, 0.29) is 28.3 Å². The Balaban J connectivity index is 1.33. The van der Waals surface area contributed by atoms with E-state index in [2.05, 4.69) is 4.72 Å². The molecule has 2 fully saturated rings. The molecular formula is C25H29F2N3O4S. The number of nitrogens with zero attached hydrogens (tertiary/aromatic N) is 2. The molecule has 0 aromatic heterocycles.